The molecule has 0 aliphatic rings. The molecule has 0 saturated heterocycles. The Morgan fingerprint density at radius 3 is 2.44 bits per heavy atom. The lowest BCUT2D eigenvalue weighted by Crippen LogP contribution is -1.98. The molecule has 0 fully saturated rings. The SMILES string of the molecule is FC(F)c1ccc(CNc2ccsc2)cc1. The summed E-state index contributed by atoms with van der Waals surface area (Å²) in [7, 11) is 0. The molecule has 0 atom stereocenters. The summed E-state index contributed by atoms with van der Waals surface area (Å²) in [5.74, 6) is 0. The van der Waals surface area contributed by atoms with E-state index < -0.39 is 6.43 Å². The Morgan fingerprint density at radius 2 is 1.88 bits per heavy atom. The van der Waals surface area contributed by atoms with Crippen LogP contribution in [0.15, 0.2) is 41.1 Å². The van der Waals surface area contributed by atoms with Crippen LogP contribution in [-0.4, -0.2) is 0 Å². The number of alkyl halides is 2. The lowest BCUT2D eigenvalue weighted by atomic mass is 10.1. The molecule has 4 heteroatoms. The van der Waals surface area contributed by atoms with E-state index in [-0.39, 0.29) is 5.56 Å². The third kappa shape index (κ3) is 2.79. The van der Waals surface area contributed by atoms with E-state index in [1.54, 1.807) is 23.5 Å². The number of hydrogen-bond acceptors (Lipinski definition) is 2. The van der Waals surface area contributed by atoms with Crippen molar-refractivity contribution in [3.05, 3.63) is 52.2 Å². The maximum absolute atomic E-state index is 12.3. The molecule has 1 aromatic heterocycles. The first-order valence-corrected chi connectivity index (χ1v) is 5.83. The number of halogens is 2. The van der Waals surface area contributed by atoms with E-state index >= 15 is 0 Å². The molecule has 0 bridgehead atoms. The van der Waals surface area contributed by atoms with Crippen LogP contribution in [0.4, 0.5) is 14.5 Å². The van der Waals surface area contributed by atoms with Gasteiger partial charge in [-0.2, -0.15) is 11.3 Å². The van der Waals surface area contributed by atoms with Gasteiger partial charge in [0, 0.05) is 23.2 Å². The molecule has 0 amide bonds. The van der Waals surface area contributed by atoms with Crippen molar-refractivity contribution in [1.82, 2.24) is 0 Å². The number of hydrogen-bond donors (Lipinski definition) is 1. The molecule has 1 N–H and O–H groups in total. The lowest BCUT2D eigenvalue weighted by molar-refractivity contribution is 0.151. The summed E-state index contributed by atoms with van der Waals surface area (Å²) >= 11 is 1.62. The maximum Gasteiger partial charge on any atom is 0.263 e. The Bertz CT molecular complexity index is 423. The number of nitrogens with one attached hydrogen (secondary N) is 1. The zero-order valence-corrected chi connectivity index (χ0v) is 9.31. The van der Waals surface area contributed by atoms with Gasteiger partial charge in [0.25, 0.3) is 6.43 Å². The Hall–Kier alpha value is -1.42. The second kappa shape index (κ2) is 5.07. The van der Waals surface area contributed by atoms with E-state index in [1.165, 1.54) is 12.1 Å². The highest BCUT2D eigenvalue weighted by molar-refractivity contribution is 7.08. The third-order valence-corrected chi connectivity index (χ3v) is 2.93. The molecule has 0 spiro atoms. The minimum Gasteiger partial charge on any atom is -0.380 e. The summed E-state index contributed by atoms with van der Waals surface area (Å²) < 4.78 is 24.6. The minimum atomic E-state index is -2.39. The average Bonchev–Trinajstić information content (AvgIpc) is 2.80. The van der Waals surface area contributed by atoms with Crippen molar-refractivity contribution in [2.75, 3.05) is 5.32 Å². The fourth-order valence-corrected chi connectivity index (χ4v) is 1.96. The number of rotatable bonds is 4. The number of thiophene rings is 1. The first kappa shape index (κ1) is 11.1. The Labute approximate surface area is 96.7 Å². The molecule has 0 saturated carbocycles. The van der Waals surface area contributed by atoms with Gasteiger partial charge < -0.3 is 5.32 Å². The lowest BCUT2D eigenvalue weighted by Gasteiger charge is -2.05. The highest BCUT2D eigenvalue weighted by Crippen LogP contribution is 2.19. The van der Waals surface area contributed by atoms with Gasteiger partial charge in [0.1, 0.15) is 0 Å². The van der Waals surface area contributed by atoms with Gasteiger partial charge in [0.2, 0.25) is 0 Å². The van der Waals surface area contributed by atoms with Crippen molar-refractivity contribution in [2.24, 2.45) is 0 Å². The summed E-state index contributed by atoms with van der Waals surface area (Å²) in [6.45, 7) is 0.653. The molecule has 2 aromatic rings. The molecule has 1 aromatic carbocycles. The average molecular weight is 239 g/mol. The first-order chi connectivity index (χ1) is 7.75. The summed E-state index contributed by atoms with van der Waals surface area (Å²) in [6, 6.07) is 8.37. The monoisotopic (exact) mass is 239 g/mol. The molecule has 0 aliphatic carbocycles. The van der Waals surface area contributed by atoms with Gasteiger partial charge in [-0.25, -0.2) is 8.78 Å². The molecule has 0 unspecified atom stereocenters. The van der Waals surface area contributed by atoms with Crippen LogP contribution in [0.2, 0.25) is 0 Å². The molecule has 0 aliphatic heterocycles. The van der Waals surface area contributed by atoms with Crippen molar-refractivity contribution in [3.8, 4) is 0 Å². The van der Waals surface area contributed by atoms with Crippen molar-refractivity contribution in [3.63, 3.8) is 0 Å². The van der Waals surface area contributed by atoms with Crippen LogP contribution < -0.4 is 5.32 Å². The Morgan fingerprint density at radius 1 is 1.12 bits per heavy atom. The van der Waals surface area contributed by atoms with Crippen LogP contribution in [-0.2, 0) is 6.54 Å². The van der Waals surface area contributed by atoms with Gasteiger partial charge in [-0.05, 0) is 17.0 Å². The third-order valence-electron chi connectivity index (χ3n) is 2.25. The normalized spacial score (nSPS) is 10.7. The molecular weight excluding hydrogens is 228 g/mol. The largest absolute Gasteiger partial charge is 0.380 e. The summed E-state index contributed by atoms with van der Waals surface area (Å²) in [4.78, 5) is 0. The summed E-state index contributed by atoms with van der Waals surface area (Å²) in [5.41, 5.74) is 2.12. The standard InChI is InChI=1S/C12H11F2NS/c13-12(14)10-3-1-9(2-4-10)7-15-11-5-6-16-8-11/h1-6,8,12,15H,7H2. The highest BCUT2D eigenvalue weighted by atomic mass is 32.1. The fourth-order valence-electron chi connectivity index (χ4n) is 1.35. The van der Waals surface area contributed by atoms with E-state index in [9.17, 15) is 8.78 Å². The van der Waals surface area contributed by atoms with Crippen LogP contribution >= 0.6 is 11.3 Å². The van der Waals surface area contributed by atoms with Crippen LogP contribution in [0.1, 0.15) is 17.6 Å². The number of benzene rings is 1. The Balaban J connectivity index is 1.95. The van der Waals surface area contributed by atoms with Gasteiger partial charge in [0.15, 0.2) is 0 Å². The predicted octanol–water partition coefficient (Wildman–Crippen LogP) is 4.30. The van der Waals surface area contributed by atoms with Crippen LogP contribution in [0.25, 0.3) is 0 Å². The molecule has 1 nitrogen and oxygen atoms in total. The van der Waals surface area contributed by atoms with Gasteiger partial charge >= 0.3 is 0 Å². The zero-order chi connectivity index (χ0) is 11.4. The second-order valence-electron chi connectivity index (χ2n) is 3.41. The fraction of sp³-hybridized carbons (Fsp3) is 0.167. The summed E-state index contributed by atoms with van der Waals surface area (Å²) in [6.07, 6.45) is -2.39. The smallest absolute Gasteiger partial charge is 0.263 e. The van der Waals surface area contributed by atoms with Gasteiger partial charge in [-0.15, -0.1) is 0 Å². The predicted molar refractivity (Wildman–Crippen MR) is 63.0 cm³/mol. The van der Waals surface area contributed by atoms with E-state index in [1.807, 2.05) is 16.8 Å². The van der Waals surface area contributed by atoms with Gasteiger partial charge in [-0.1, -0.05) is 24.3 Å². The van der Waals surface area contributed by atoms with Crippen LogP contribution in [0.5, 0.6) is 0 Å². The zero-order valence-electron chi connectivity index (χ0n) is 8.49. The molecule has 2 rings (SSSR count). The second-order valence-corrected chi connectivity index (χ2v) is 4.19. The van der Waals surface area contributed by atoms with E-state index in [4.69, 9.17) is 0 Å². The van der Waals surface area contributed by atoms with Gasteiger partial charge in [-0.3, -0.25) is 0 Å². The molecule has 84 valence electrons. The van der Waals surface area contributed by atoms with Crippen LogP contribution in [0.3, 0.4) is 0 Å². The van der Waals surface area contributed by atoms with E-state index in [0.29, 0.717) is 6.54 Å². The molecule has 1 heterocycles. The van der Waals surface area contributed by atoms with Crippen molar-refractivity contribution in [2.45, 2.75) is 13.0 Å². The quantitative estimate of drug-likeness (QED) is 0.838. The molecule has 16 heavy (non-hydrogen) atoms. The number of anilines is 1. The summed E-state index contributed by atoms with van der Waals surface area (Å²) in [5, 5.41) is 7.21. The Kier molecular flexibility index (Phi) is 3.51. The van der Waals surface area contributed by atoms with Crippen molar-refractivity contribution < 1.29 is 8.78 Å². The van der Waals surface area contributed by atoms with E-state index in [2.05, 4.69) is 5.32 Å². The minimum absolute atomic E-state index is 0.0688. The van der Waals surface area contributed by atoms with E-state index in [0.717, 1.165) is 11.3 Å². The van der Waals surface area contributed by atoms with Crippen molar-refractivity contribution in [1.29, 1.82) is 0 Å². The first-order valence-electron chi connectivity index (χ1n) is 4.89. The highest BCUT2D eigenvalue weighted by Gasteiger charge is 2.05. The van der Waals surface area contributed by atoms with Crippen LogP contribution in [0, 0.1) is 0 Å². The molecule has 0 radical (unpaired) electrons. The molecular formula is C12H11F2NS. The van der Waals surface area contributed by atoms with Crippen molar-refractivity contribution >= 4 is 17.0 Å². The van der Waals surface area contributed by atoms with Gasteiger partial charge in [0.05, 0.1) is 0 Å². The maximum atomic E-state index is 12.3. The topological polar surface area (TPSA) is 12.0 Å².